The molecule has 74 valence electrons. The third-order valence-electron chi connectivity index (χ3n) is 1.70. The number of thiophene rings is 1. The number of hydrazine groups is 1. The first-order chi connectivity index (χ1) is 6.85. The highest BCUT2D eigenvalue weighted by Gasteiger charge is 2.07. The number of nitrogens with one attached hydrogen (secondary N) is 1. The van der Waals surface area contributed by atoms with Crippen LogP contribution in [-0.4, -0.2) is 15.7 Å². The second-order valence-electron chi connectivity index (χ2n) is 2.57. The number of nitrogens with zero attached hydrogens (tertiary/aromatic N) is 2. The fourth-order valence-electron chi connectivity index (χ4n) is 1.14. The molecule has 0 aliphatic carbocycles. The smallest absolute Gasteiger partial charge is 0.239 e. The van der Waals surface area contributed by atoms with E-state index in [9.17, 15) is 0 Å². The topological polar surface area (TPSA) is 63.8 Å². The maximum atomic E-state index is 5.30. The second kappa shape index (κ2) is 4.12. The number of anilines is 1. The lowest BCUT2D eigenvalue weighted by Crippen LogP contribution is -2.10. The van der Waals surface area contributed by atoms with E-state index >= 15 is 0 Å². The lowest BCUT2D eigenvalue weighted by atomic mass is 10.4. The Hall–Kier alpha value is -0.850. The molecular formula is C8H10N4S2. The second-order valence-corrected chi connectivity index (χ2v) is 4.72. The molecule has 0 aliphatic heterocycles. The molecule has 0 radical (unpaired) electrons. The fourth-order valence-corrected chi connectivity index (χ4v) is 2.71. The molecule has 2 heterocycles. The van der Waals surface area contributed by atoms with E-state index in [4.69, 9.17) is 5.84 Å². The summed E-state index contributed by atoms with van der Waals surface area (Å²) in [6.07, 6.45) is 0. The van der Waals surface area contributed by atoms with E-state index in [2.05, 4.69) is 22.3 Å². The predicted molar refractivity (Wildman–Crippen MR) is 61.6 cm³/mol. The van der Waals surface area contributed by atoms with Crippen LogP contribution in [0.25, 0.3) is 10.2 Å². The summed E-state index contributed by atoms with van der Waals surface area (Å²) < 4.78 is 0. The minimum Gasteiger partial charge on any atom is -0.292 e. The molecule has 0 saturated heterocycles. The highest BCUT2D eigenvalue weighted by atomic mass is 32.2. The summed E-state index contributed by atoms with van der Waals surface area (Å²) in [6.45, 7) is 2.10. The van der Waals surface area contributed by atoms with Gasteiger partial charge in [0.15, 0.2) is 0 Å². The summed E-state index contributed by atoms with van der Waals surface area (Å²) >= 11 is 3.30. The van der Waals surface area contributed by atoms with Crippen LogP contribution in [0.4, 0.5) is 5.95 Å². The van der Waals surface area contributed by atoms with Gasteiger partial charge in [0.25, 0.3) is 0 Å². The van der Waals surface area contributed by atoms with Gasteiger partial charge < -0.3 is 0 Å². The number of nitrogens with two attached hydrogens (primary N) is 1. The van der Waals surface area contributed by atoms with E-state index in [1.54, 1.807) is 23.1 Å². The van der Waals surface area contributed by atoms with Crippen LogP contribution < -0.4 is 11.3 Å². The van der Waals surface area contributed by atoms with E-state index in [0.29, 0.717) is 5.95 Å². The first-order valence-corrected chi connectivity index (χ1v) is 6.06. The lowest BCUT2D eigenvalue weighted by molar-refractivity contribution is 1.08. The Bertz CT molecular complexity index is 440. The molecule has 6 heteroatoms. The van der Waals surface area contributed by atoms with Crippen molar-refractivity contribution in [1.82, 2.24) is 9.97 Å². The first-order valence-electron chi connectivity index (χ1n) is 4.19. The molecule has 0 unspecified atom stereocenters. The summed E-state index contributed by atoms with van der Waals surface area (Å²) in [5.74, 6) is 6.77. The SMILES string of the molecule is CCSc1nc(NN)nc2sccc12. The molecule has 2 aromatic heterocycles. The van der Waals surface area contributed by atoms with Gasteiger partial charge in [-0.1, -0.05) is 6.92 Å². The Morgan fingerprint density at radius 3 is 3.14 bits per heavy atom. The van der Waals surface area contributed by atoms with Crippen molar-refractivity contribution >= 4 is 39.3 Å². The van der Waals surface area contributed by atoms with E-state index in [1.807, 2.05) is 11.4 Å². The molecule has 3 N–H and O–H groups in total. The van der Waals surface area contributed by atoms with E-state index in [-0.39, 0.29) is 0 Å². The van der Waals surface area contributed by atoms with Crippen LogP contribution in [-0.2, 0) is 0 Å². The summed E-state index contributed by atoms with van der Waals surface area (Å²) in [5.41, 5.74) is 2.48. The van der Waals surface area contributed by atoms with Crippen molar-refractivity contribution in [3.05, 3.63) is 11.4 Å². The molecule has 4 nitrogen and oxygen atoms in total. The quantitative estimate of drug-likeness (QED) is 0.363. The molecule has 0 amide bonds. The summed E-state index contributed by atoms with van der Waals surface area (Å²) in [5, 5.41) is 4.12. The minimum absolute atomic E-state index is 0.482. The van der Waals surface area contributed by atoms with Crippen molar-refractivity contribution in [3.8, 4) is 0 Å². The Morgan fingerprint density at radius 1 is 1.57 bits per heavy atom. The summed E-state index contributed by atoms with van der Waals surface area (Å²) in [4.78, 5) is 9.53. The molecule has 14 heavy (non-hydrogen) atoms. The van der Waals surface area contributed by atoms with Gasteiger partial charge in [0.05, 0.1) is 0 Å². The molecule has 0 fully saturated rings. The highest BCUT2D eigenvalue weighted by molar-refractivity contribution is 7.99. The largest absolute Gasteiger partial charge is 0.292 e. The molecule has 0 bridgehead atoms. The van der Waals surface area contributed by atoms with Crippen molar-refractivity contribution in [2.24, 2.45) is 5.84 Å². The zero-order chi connectivity index (χ0) is 9.97. The Morgan fingerprint density at radius 2 is 2.43 bits per heavy atom. The van der Waals surface area contributed by atoms with Crippen LogP contribution in [0, 0.1) is 0 Å². The number of fused-ring (bicyclic) bond motifs is 1. The van der Waals surface area contributed by atoms with Gasteiger partial charge in [0.1, 0.15) is 9.86 Å². The van der Waals surface area contributed by atoms with E-state index < -0.39 is 0 Å². The number of rotatable bonds is 3. The highest BCUT2D eigenvalue weighted by Crippen LogP contribution is 2.29. The van der Waals surface area contributed by atoms with Crippen molar-refractivity contribution in [2.45, 2.75) is 11.9 Å². The van der Waals surface area contributed by atoms with Crippen LogP contribution in [0.1, 0.15) is 6.92 Å². The van der Waals surface area contributed by atoms with Gasteiger partial charge in [-0.15, -0.1) is 23.1 Å². The Labute approximate surface area is 89.9 Å². The van der Waals surface area contributed by atoms with Gasteiger partial charge in [0, 0.05) is 5.39 Å². The number of thioether (sulfide) groups is 1. The average Bonchev–Trinajstić information content (AvgIpc) is 2.66. The van der Waals surface area contributed by atoms with Crippen LogP contribution in [0.3, 0.4) is 0 Å². The van der Waals surface area contributed by atoms with Gasteiger partial charge in [0.2, 0.25) is 5.95 Å². The average molecular weight is 226 g/mol. The van der Waals surface area contributed by atoms with E-state index in [1.165, 1.54) is 0 Å². The van der Waals surface area contributed by atoms with Gasteiger partial charge >= 0.3 is 0 Å². The summed E-state index contributed by atoms with van der Waals surface area (Å²) in [7, 11) is 0. The van der Waals surface area contributed by atoms with Gasteiger partial charge in [-0.05, 0) is 17.2 Å². The normalized spacial score (nSPS) is 10.7. The summed E-state index contributed by atoms with van der Waals surface area (Å²) in [6, 6.07) is 2.04. The molecule has 0 aliphatic rings. The van der Waals surface area contributed by atoms with Gasteiger partial charge in [-0.3, -0.25) is 5.43 Å². The maximum absolute atomic E-state index is 5.30. The van der Waals surface area contributed by atoms with Crippen molar-refractivity contribution < 1.29 is 0 Å². The predicted octanol–water partition coefficient (Wildman–Crippen LogP) is 2.09. The van der Waals surface area contributed by atoms with Gasteiger partial charge in [-0.2, -0.15) is 0 Å². The fraction of sp³-hybridized carbons (Fsp3) is 0.250. The molecule has 2 aromatic rings. The zero-order valence-electron chi connectivity index (χ0n) is 7.65. The Kier molecular flexibility index (Phi) is 2.85. The number of hydrogen-bond acceptors (Lipinski definition) is 6. The molecule has 0 aromatic carbocycles. The standard InChI is InChI=1S/C8H10N4S2/c1-2-13-6-5-3-4-14-7(5)11-8(10-6)12-9/h3-4H,2,9H2,1H3,(H,10,11,12). The van der Waals surface area contributed by atoms with Gasteiger partial charge in [-0.25, -0.2) is 15.8 Å². The number of hydrogen-bond donors (Lipinski definition) is 2. The number of aromatic nitrogens is 2. The van der Waals surface area contributed by atoms with Crippen LogP contribution in [0.2, 0.25) is 0 Å². The van der Waals surface area contributed by atoms with Crippen molar-refractivity contribution in [3.63, 3.8) is 0 Å². The third kappa shape index (κ3) is 1.68. The van der Waals surface area contributed by atoms with Crippen molar-refractivity contribution in [1.29, 1.82) is 0 Å². The number of nitrogen functional groups attached to an aromatic ring is 1. The van der Waals surface area contributed by atoms with Crippen molar-refractivity contribution in [2.75, 3.05) is 11.2 Å². The monoisotopic (exact) mass is 226 g/mol. The molecule has 0 spiro atoms. The zero-order valence-corrected chi connectivity index (χ0v) is 9.28. The minimum atomic E-state index is 0.482. The van der Waals surface area contributed by atoms with Crippen LogP contribution in [0.15, 0.2) is 16.5 Å². The molecular weight excluding hydrogens is 216 g/mol. The third-order valence-corrected chi connectivity index (χ3v) is 3.38. The first kappa shape index (κ1) is 9.70. The maximum Gasteiger partial charge on any atom is 0.239 e. The molecule has 0 saturated carbocycles. The Balaban J connectivity index is 2.58. The van der Waals surface area contributed by atoms with E-state index in [0.717, 1.165) is 21.0 Å². The molecule has 2 rings (SSSR count). The van der Waals surface area contributed by atoms with Crippen LogP contribution >= 0.6 is 23.1 Å². The molecule has 0 atom stereocenters. The lowest BCUT2D eigenvalue weighted by Gasteiger charge is -2.02. The van der Waals surface area contributed by atoms with Crippen LogP contribution in [0.5, 0.6) is 0 Å².